The van der Waals surface area contributed by atoms with E-state index in [2.05, 4.69) is 39.2 Å². The molecular weight excluding hydrogens is 428 g/mol. The first-order valence-corrected chi connectivity index (χ1v) is 12.4. The van der Waals surface area contributed by atoms with E-state index in [-0.39, 0.29) is 17.5 Å². The number of hydrogen-bond donors (Lipinski definition) is 2. The first-order chi connectivity index (χ1) is 16.5. The number of nitrogens with one attached hydrogen (secondary N) is 2. The van der Waals surface area contributed by atoms with Gasteiger partial charge in [0.15, 0.2) is 0 Å². The number of carbonyl (C=O) groups excluding carboxylic acids is 1. The van der Waals surface area contributed by atoms with Gasteiger partial charge in [0, 0.05) is 81.7 Å². The summed E-state index contributed by atoms with van der Waals surface area (Å²) in [4.78, 5) is 31.2. The Bertz CT molecular complexity index is 1250. The number of likely N-dealkylation sites (tertiary alicyclic amines) is 1. The van der Waals surface area contributed by atoms with Gasteiger partial charge in [0.25, 0.3) is 5.56 Å². The molecule has 8 heteroatoms. The van der Waals surface area contributed by atoms with Crippen molar-refractivity contribution in [2.24, 2.45) is 0 Å². The summed E-state index contributed by atoms with van der Waals surface area (Å²) in [5.41, 5.74) is 4.77. The maximum Gasteiger partial charge on any atom is 0.250 e. The van der Waals surface area contributed by atoms with E-state index in [1.165, 1.54) is 16.8 Å². The molecule has 2 aliphatic rings. The molecule has 0 aliphatic carbocycles. The minimum atomic E-state index is 0.0156. The zero-order chi connectivity index (χ0) is 23.7. The summed E-state index contributed by atoms with van der Waals surface area (Å²) in [5, 5.41) is 6.65. The number of fused-ring (bicyclic) bond motifs is 3. The van der Waals surface area contributed by atoms with Gasteiger partial charge in [-0.2, -0.15) is 0 Å². The van der Waals surface area contributed by atoms with E-state index in [4.69, 9.17) is 4.98 Å². The second kappa shape index (κ2) is 9.62. The molecule has 1 fully saturated rings. The smallest absolute Gasteiger partial charge is 0.250 e. The fourth-order valence-corrected chi connectivity index (χ4v) is 5.37. The van der Waals surface area contributed by atoms with Crippen LogP contribution in [0.4, 0.5) is 5.69 Å². The highest BCUT2D eigenvalue weighted by molar-refractivity contribution is 5.86. The van der Waals surface area contributed by atoms with Gasteiger partial charge in [-0.25, -0.2) is 4.98 Å². The Balaban J connectivity index is 1.41. The van der Waals surface area contributed by atoms with Crippen LogP contribution in [0, 0.1) is 0 Å². The molecular formula is C26H34N6O2. The van der Waals surface area contributed by atoms with E-state index in [0.29, 0.717) is 19.0 Å². The molecule has 2 aromatic heterocycles. The molecule has 2 aliphatic heterocycles. The van der Waals surface area contributed by atoms with Crippen molar-refractivity contribution in [3.8, 4) is 0 Å². The average Bonchev–Trinajstić information content (AvgIpc) is 3.40. The van der Waals surface area contributed by atoms with Crippen LogP contribution >= 0.6 is 0 Å². The van der Waals surface area contributed by atoms with Gasteiger partial charge in [-0.3, -0.25) is 14.5 Å². The SMILES string of the molecule is CC(=O)N[C@@H]1CCN(CCn2c(CCn3ccccc3=O)nc3c4c(ccc32)N[C@@H](C)CC4)C1. The van der Waals surface area contributed by atoms with Crippen molar-refractivity contribution < 1.29 is 4.79 Å². The molecule has 2 atom stereocenters. The van der Waals surface area contributed by atoms with Crippen LogP contribution in [0.5, 0.6) is 0 Å². The summed E-state index contributed by atoms with van der Waals surface area (Å²) >= 11 is 0. The van der Waals surface area contributed by atoms with Gasteiger partial charge in [-0.05, 0) is 44.4 Å². The zero-order valence-electron chi connectivity index (χ0n) is 20.1. The molecule has 0 spiro atoms. The molecule has 34 heavy (non-hydrogen) atoms. The molecule has 1 amide bonds. The maximum absolute atomic E-state index is 12.2. The summed E-state index contributed by atoms with van der Waals surface area (Å²) in [6.45, 7) is 8.04. The van der Waals surface area contributed by atoms with Gasteiger partial charge < -0.3 is 19.8 Å². The van der Waals surface area contributed by atoms with Crippen LogP contribution in [-0.2, 0) is 30.7 Å². The molecule has 1 aromatic carbocycles. The standard InChI is InChI=1S/C26H34N6O2/c1-18-6-7-21-22(27-18)8-9-23-26(21)29-24(11-14-31-12-4-3-5-25(31)34)32(23)16-15-30-13-10-20(17-30)28-19(2)33/h3-5,8-9,12,18,20,27H,6-7,10-11,13-17H2,1-2H3,(H,28,33)/t18-,20+/m0/s1. The second-order valence-corrected chi connectivity index (χ2v) is 9.69. The lowest BCUT2D eigenvalue weighted by molar-refractivity contribution is -0.119. The van der Waals surface area contributed by atoms with Crippen LogP contribution in [0.3, 0.4) is 0 Å². The topological polar surface area (TPSA) is 84.2 Å². The van der Waals surface area contributed by atoms with E-state index < -0.39 is 0 Å². The molecule has 4 heterocycles. The summed E-state index contributed by atoms with van der Waals surface area (Å²) in [6, 6.07) is 10.4. The third kappa shape index (κ3) is 4.73. The Hall–Kier alpha value is -3.13. The van der Waals surface area contributed by atoms with Crippen LogP contribution in [-0.4, -0.2) is 56.6 Å². The van der Waals surface area contributed by atoms with Crippen molar-refractivity contribution in [3.05, 3.63) is 58.3 Å². The number of anilines is 1. The number of imidazole rings is 1. The quantitative estimate of drug-likeness (QED) is 0.563. The van der Waals surface area contributed by atoms with Crippen LogP contribution in [0.2, 0.25) is 0 Å². The van der Waals surface area contributed by atoms with E-state index in [9.17, 15) is 9.59 Å². The van der Waals surface area contributed by atoms with Crippen LogP contribution < -0.4 is 16.2 Å². The highest BCUT2D eigenvalue weighted by Gasteiger charge is 2.24. The maximum atomic E-state index is 12.2. The number of hydrogen-bond acceptors (Lipinski definition) is 5. The van der Waals surface area contributed by atoms with Gasteiger partial charge in [-0.1, -0.05) is 6.07 Å². The largest absolute Gasteiger partial charge is 0.382 e. The zero-order valence-corrected chi connectivity index (χ0v) is 20.1. The van der Waals surface area contributed by atoms with Crippen molar-refractivity contribution >= 4 is 22.6 Å². The Morgan fingerprint density at radius 3 is 2.88 bits per heavy atom. The van der Waals surface area contributed by atoms with Gasteiger partial charge >= 0.3 is 0 Å². The minimum Gasteiger partial charge on any atom is -0.382 e. The number of pyridine rings is 1. The van der Waals surface area contributed by atoms with Gasteiger partial charge in [0.05, 0.1) is 11.0 Å². The van der Waals surface area contributed by atoms with Crippen molar-refractivity contribution in [2.45, 2.75) is 64.7 Å². The number of benzene rings is 1. The van der Waals surface area contributed by atoms with Gasteiger partial charge in [-0.15, -0.1) is 0 Å². The van der Waals surface area contributed by atoms with Crippen LogP contribution in [0.1, 0.15) is 38.1 Å². The number of carbonyl (C=O) groups is 1. The van der Waals surface area contributed by atoms with Gasteiger partial charge in [0.2, 0.25) is 5.91 Å². The highest BCUT2D eigenvalue weighted by Crippen LogP contribution is 2.32. The Morgan fingerprint density at radius 1 is 1.18 bits per heavy atom. The van der Waals surface area contributed by atoms with E-state index in [0.717, 1.165) is 56.8 Å². The van der Waals surface area contributed by atoms with Crippen molar-refractivity contribution in [3.63, 3.8) is 0 Å². The molecule has 3 aromatic rings. The third-order valence-corrected chi connectivity index (χ3v) is 7.13. The predicted molar refractivity (Wildman–Crippen MR) is 134 cm³/mol. The predicted octanol–water partition coefficient (Wildman–Crippen LogP) is 2.40. The first-order valence-electron chi connectivity index (χ1n) is 12.4. The Labute approximate surface area is 200 Å². The first kappa shape index (κ1) is 22.7. The number of amides is 1. The van der Waals surface area contributed by atoms with Gasteiger partial charge in [0.1, 0.15) is 5.82 Å². The summed E-state index contributed by atoms with van der Waals surface area (Å²) in [6.07, 6.45) is 5.66. The van der Waals surface area contributed by atoms with Crippen molar-refractivity contribution in [2.75, 3.05) is 25.0 Å². The average molecular weight is 463 g/mol. The van der Waals surface area contributed by atoms with Crippen LogP contribution in [0.15, 0.2) is 41.3 Å². The van der Waals surface area contributed by atoms with Crippen LogP contribution in [0.25, 0.3) is 11.0 Å². The van der Waals surface area contributed by atoms with Crippen molar-refractivity contribution in [1.29, 1.82) is 0 Å². The van der Waals surface area contributed by atoms with Crippen molar-refractivity contribution in [1.82, 2.24) is 24.3 Å². The molecule has 0 bridgehead atoms. The van der Waals surface area contributed by atoms with E-state index in [1.807, 2.05) is 12.3 Å². The fraction of sp³-hybridized carbons (Fsp3) is 0.500. The number of aryl methyl sites for hydroxylation is 3. The molecule has 5 rings (SSSR count). The molecule has 0 saturated carbocycles. The third-order valence-electron chi connectivity index (χ3n) is 7.13. The number of aromatic nitrogens is 3. The minimum absolute atomic E-state index is 0.0156. The lowest BCUT2D eigenvalue weighted by Crippen LogP contribution is -2.36. The molecule has 180 valence electrons. The van der Waals surface area contributed by atoms with E-state index >= 15 is 0 Å². The lowest BCUT2D eigenvalue weighted by atomic mass is 9.98. The highest BCUT2D eigenvalue weighted by atomic mass is 16.1. The number of nitrogens with zero attached hydrogens (tertiary/aromatic N) is 4. The number of rotatable bonds is 7. The molecule has 0 unspecified atom stereocenters. The molecule has 0 radical (unpaired) electrons. The summed E-state index contributed by atoms with van der Waals surface area (Å²) in [5.74, 6) is 1.06. The fourth-order valence-electron chi connectivity index (χ4n) is 5.37. The monoisotopic (exact) mass is 462 g/mol. The molecule has 2 N–H and O–H groups in total. The van der Waals surface area contributed by atoms with E-state index in [1.54, 1.807) is 23.6 Å². The normalized spacial score (nSPS) is 20.3. The second-order valence-electron chi connectivity index (χ2n) is 9.69. The lowest BCUT2D eigenvalue weighted by Gasteiger charge is -2.24. The molecule has 1 saturated heterocycles. The summed E-state index contributed by atoms with van der Waals surface area (Å²) < 4.78 is 4.09. The molecule has 8 nitrogen and oxygen atoms in total. The Morgan fingerprint density at radius 2 is 2.06 bits per heavy atom. The summed E-state index contributed by atoms with van der Waals surface area (Å²) in [7, 11) is 0. The Kier molecular flexibility index (Phi) is 6.41.